The average Bonchev–Trinajstić information content (AvgIpc) is 3.17. The van der Waals surface area contributed by atoms with Gasteiger partial charge in [-0.25, -0.2) is 4.98 Å². The minimum Gasteiger partial charge on any atom is -0.364 e. The molecule has 0 aliphatic carbocycles. The number of anilines is 1. The first-order chi connectivity index (χ1) is 10.6. The smallest absolute Gasteiger partial charge is 0.259 e. The number of aryl methyl sites for hydroxylation is 1. The predicted molar refractivity (Wildman–Crippen MR) is 79.6 cm³/mol. The zero-order valence-electron chi connectivity index (χ0n) is 12.3. The molecule has 112 valence electrons. The molecule has 0 aromatic carbocycles. The van der Waals surface area contributed by atoms with Gasteiger partial charge in [0.2, 0.25) is 0 Å². The Morgan fingerprint density at radius 2 is 2.41 bits per heavy atom. The van der Waals surface area contributed by atoms with Gasteiger partial charge in [-0.2, -0.15) is 0 Å². The molecule has 22 heavy (non-hydrogen) atoms. The molecule has 7 nitrogen and oxygen atoms in total. The second-order valence-electron chi connectivity index (χ2n) is 5.54. The van der Waals surface area contributed by atoms with Crippen LogP contribution >= 0.6 is 0 Å². The molecular formula is C15H15N5O2. The Bertz CT molecular complexity index is 857. The summed E-state index contributed by atoms with van der Waals surface area (Å²) in [6, 6.07) is 2.00. The van der Waals surface area contributed by atoms with Crippen LogP contribution in [0.3, 0.4) is 0 Å². The van der Waals surface area contributed by atoms with Crippen molar-refractivity contribution < 1.29 is 9.32 Å². The quantitative estimate of drug-likeness (QED) is 0.760. The van der Waals surface area contributed by atoms with E-state index in [0.29, 0.717) is 23.2 Å². The highest BCUT2D eigenvalue weighted by atomic mass is 16.5. The average molecular weight is 297 g/mol. The van der Waals surface area contributed by atoms with Crippen molar-refractivity contribution in [3.05, 3.63) is 41.7 Å². The number of H-pyrrole nitrogens is 1. The second kappa shape index (κ2) is 4.59. The van der Waals surface area contributed by atoms with Crippen molar-refractivity contribution in [2.45, 2.75) is 26.3 Å². The van der Waals surface area contributed by atoms with Crippen LogP contribution < -0.4 is 5.32 Å². The number of hydrogen-bond acceptors (Lipinski definition) is 4. The fourth-order valence-electron chi connectivity index (χ4n) is 2.93. The van der Waals surface area contributed by atoms with Crippen molar-refractivity contribution in [1.29, 1.82) is 0 Å². The molecule has 7 heteroatoms. The maximum atomic E-state index is 12.5. The first kappa shape index (κ1) is 12.9. The molecule has 0 spiro atoms. The van der Waals surface area contributed by atoms with Gasteiger partial charge in [0.25, 0.3) is 5.91 Å². The van der Waals surface area contributed by atoms with E-state index < -0.39 is 0 Å². The molecule has 1 aliphatic rings. The minimum absolute atomic E-state index is 0.227. The summed E-state index contributed by atoms with van der Waals surface area (Å²) in [5.74, 6) is 1.65. The normalized spacial score (nSPS) is 16.2. The van der Waals surface area contributed by atoms with Crippen LogP contribution in [0.5, 0.6) is 0 Å². The Kier molecular flexibility index (Phi) is 2.69. The topological polar surface area (TPSA) is 88.7 Å². The van der Waals surface area contributed by atoms with E-state index >= 15 is 0 Å². The molecular weight excluding hydrogens is 282 g/mol. The number of nitrogens with zero attached hydrogens (tertiary/aromatic N) is 3. The van der Waals surface area contributed by atoms with E-state index in [1.54, 1.807) is 25.4 Å². The number of fused-ring (bicyclic) bond motifs is 3. The number of imidazole rings is 1. The SMILES string of the molecule is Cc1cc(NC(=O)c2c[nH]c3c2-c2nccn2C(C)C3)no1. The van der Waals surface area contributed by atoms with Crippen LogP contribution in [0, 0.1) is 6.92 Å². The summed E-state index contributed by atoms with van der Waals surface area (Å²) in [6.45, 7) is 3.91. The monoisotopic (exact) mass is 297 g/mol. The maximum absolute atomic E-state index is 12.5. The molecule has 2 N–H and O–H groups in total. The van der Waals surface area contributed by atoms with Gasteiger partial charge in [0.15, 0.2) is 5.82 Å². The molecule has 3 aromatic heterocycles. The molecule has 0 fully saturated rings. The van der Waals surface area contributed by atoms with Crippen LogP contribution in [-0.2, 0) is 6.42 Å². The van der Waals surface area contributed by atoms with Crippen molar-refractivity contribution in [2.75, 3.05) is 5.32 Å². The summed E-state index contributed by atoms with van der Waals surface area (Å²) in [7, 11) is 0. The van der Waals surface area contributed by atoms with Gasteiger partial charge in [-0.1, -0.05) is 5.16 Å². The van der Waals surface area contributed by atoms with Gasteiger partial charge >= 0.3 is 0 Å². The standard InChI is InChI=1S/C15H15N5O2/c1-8-5-11-13(14-16-3-4-20(8)14)10(7-17-11)15(21)18-12-6-9(2)22-19-12/h3-4,6-8,17H,5H2,1-2H3,(H,18,19,21). The van der Waals surface area contributed by atoms with E-state index in [9.17, 15) is 4.79 Å². The van der Waals surface area contributed by atoms with E-state index in [2.05, 4.69) is 31.9 Å². The van der Waals surface area contributed by atoms with Gasteiger partial charge in [0, 0.05) is 42.8 Å². The third-order valence-electron chi connectivity index (χ3n) is 3.94. The van der Waals surface area contributed by atoms with Gasteiger partial charge in [0.05, 0.1) is 11.1 Å². The molecule has 1 aliphatic heterocycles. The first-order valence-corrected chi connectivity index (χ1v) is 7.11. The largest absolute Gasteiger partial charge is 0.364 e. The number of rotatable bonds is 2. The Morgan fingerprint density at radius 1 is 1.55 bits per heavy atom. The summed E-state index contributed by atoms with van der Waals surface area (Å²) < 4.78 is 7.05. The molecule has 4 rings (SSSR count). The zero-order chi connectivity index (χ0) is 15.3. The van der Waals surface area contributed by atoms with Gasteiger partial charge in [-0.3, -0.25) is 4.79 Å². The number of nitrogens with one attached hydrogen (secondary N) is 2. The van der Waals surface area contributed by atoms with Crippen molar-refractivity contribution in [3.8, 4) is 11.4 Å². The van der Waals surface area contributed by atoms with Crippen molar-refractivity contribution in [1.82, 2.24) is 19.7 Å². The van der Waals surface area contributed by atoms with Crippen LogP contribution in [0.2, 0.25) is 0 Å². The Morgan fingerprint density at radius 3 is 3.18 bits per heavy atom. The molecule has 0 saturated heterocycles. The highest BCUT2D eigenvalue weighted by Gasteiger charge is 2.28. The highest BCUT2D eigenvalue weighted by Crippen LogP contribution is 2.35. The van der Waals surface area contributed by atoms with Crippen LogP contribution in [0.25, 0.3) is 11.4 Å². The summed E-state index contributed by atoms with van der Waals surface area (Å²) in [5, 5.41) is 6.53. The van der Waals surface area contributed by atoms with E-state index in [-0.39, 0.29) is 5.91 Å². The van der Waals surface area contributed by atoms with Crippen LogP contribution in [0.4, 0.5) is 5.82 Å². The van der Waals surface area contributed by atoms with Gasteiger partial charge in [-0.05, 0) is 13.8 Å². The summed E-state index contributed by atoms with van der Waals surface area (Å²) in [6.07, 6.45) is 6.27. The second-order valence-corrected chi connectivity index (χ2v) is 5.54. The Hall–Kier alpha value is -2.83. The Labute approximate surface area is 126 Å². The van der Waals surface area contributed by atoms with Gasteiger partial charge < -0.3 is 19.4 Å². The maximum Gasteiger partial charge on any atom is 0.259 e. The first-order valence-electron chi connectivity index (χ1n) is 7.11. The molecule has 0 radical (unpaired) electrons. The molecule has 0 saturated carbocycles. The summed E-state index contributed by atoms with van der Waals surface area (Å²) in [5.41, 5.74) is 2.46. The lowest BCUT2D eigenvalue weighted by Gasteiger charge is -2.22. The molecule has 4 heterocycles. The predicted octanol–water partition coefficient (Wildman–Crippen LogP) is 2.54. The molecule has 1 amide bonds. The number of carbonyl (C=O) groups is 1. The van der Waals surface area contributed by atoms with Crippen molar-refractivity contribution >= 4 is 11.7 Å². The number of aromatic nitrogens is 4. The van der Waals surface area contributed by atoms with E-state index in [1.807, 2.05) is 6.20 Å². The minimum atomic E-state index is -0.227. The fraction of sp³-hybridized carbons (Fsp3) is 0.267. The number of aromatic amines is 1. The highest BCUT2D eigenvalue weighted by molar-refractivity contribution is 6.08. The number of carbonyl (C=O) groups excluding carboxylic acids is 1. The molecule has 3 aromatic rings. The summed E-state index contributed by atoms with van der Waals surface area (Å²) in [4.78, 5) is 20.1. The van der Waals surface area contributed by atoms with Gasteiger partial charge in [-0.15, -0.1) is 0 Å². The summed E-state index contributed by atoms with van der Waals surface area (Å²) >= 11 is 0. The van der Waals surface area contributed by atoms with Crippen LogP contribution in [0.15, 0.2) is 29.2 Å². The van der Waals surface area contributed by atoms with E-state index in [0.717, 1.165) is 23.5 Å². The molecule has 1 atom stereocenters. The van der Waals surface area contributed by atoms with E-state index in [1.165, 1.54) is 0 Å². The van der Waals surface area contributed by atoms with Gasteiger partial charge in [0.1, 0.15) is 11.6 Å². The lowest BCUT2D eigenvalue weighted by Crippen LogP contribution is -2.18. The molecule has 1 unspecified atom stereocenters. The zero-order valence-corrected chi connectivity index (χ0v) is 12.3. The van der Waals surface area contributed by atoms with Crippen LogP contribution in [0.1, 0.15) is 34.8 Å². The molecule has 0 bridgehead atoms. The third kappa shape index (κ3) is 1.86. The number of amides is 1. The van der Waals surface area contributed by atoms with Crippen molar-refractivity contribution in [3.63, 3.8) is 0 Å². The lowest BCUT2D eigenvalue weighted by atomic mass is 10.0. The van der Waals surface area contributed by atoms with Crippen molar-refractivity contribution in [2.24, 2.45) is 0 Å². The number of hydrogen-bond donors (Lipinski definition) is 2. The lowest BCUT2D eigenvalue weighted by molar-refractivity contribution is 0.102. The fourth-order valence-corrected chi connectivity index (χ4v) is 2.93. The Balaban J connectivity index is 1.72. The van der Waals surface area contributed by atoms with Crippen LogP contribution in [-0.4, -0.2) is 25.6 Å². The third-order valence-corrected chi connectivity index (χ3v) is 3.94. The van der Waals surface area contributed by atoms with E-state index in [4.69, 9.17) is 4.52 Å².